The summed E-state index contributed by atoms with van der Waals surface area (Å²) >= 11 is 0. The molecule has 0 aromatic carbocycles. The van der Waals surface area contributed by atoms with E-state index in [2.05, 4.69) is 19.9 Å². The molecule has 1 saturated carbocycles. The topological polar surface area (TPSA) is 55.8 Å². The van der Waals surface area contributed by atoms with Gasteiger partial charge in [0.2, 0.25) is 0 Å². The van der Waals surface area contributed by atoms with Crippen LogP contribution >= 0.6 is 0 Å². The van der Waals surface area contributed by atoms with Crippen molar-refractivity contribution in [1.29, 1.82) is 0 Å². The molecule has 1 heterocycles. The fourth-order valence-corrected chi connectivity index (χ4v) is 3.39. The summed E-state index contributed by atoms with van der Waals surface area (Å²) in [5, 5.41) is 8.42. The van der Waals surface area contributed by atoms with E-state index in [9.17, 15) is 4.79 Å². The number of carboxylic acid groups (broad SMARTS) is 1. The lowest BCUT2D eigenvalue weighted by Gasteiger charge is -2.34. The largest absolute Gasteiger partial charge is 0.480 e. The Bertz CT molecular complexity index is 339. The van der Waals surface area contributed by atoms with Gasteiger partial charge in [-0.05, 0) is 30.1 Å². The van der Waals surface area contributed by atoms with Crippen molar-refractivity contribution in [3.8, 4) is 0 Å². The summed E-state index contributed by atoms with van der Waals surface area (Å²) in [5.41, 5.74) is 0.330. The van der Waals surface area contributed by atoms with Crippen LogP contribution < -0.4 is 0 Å². The lowest BCUT2D eigenvalue weighted by atomic mass is 9.75. The minimum Gasteiger partial charge on any atom is -0.480 e. The molecule has 2 aliphatic rings. The lowest BCUT2D eigenvalue weighted by Crippen LogP contribution is -2.32. The fraction of sp³-hybridized carbons (Fsp3) is 0.786. The van der Waals surface area contributed by atoms with Crippen molar-refractivity contribution < 1.29 is 19.4 Å². The first-order chi connectivity index (χ1) is 8.53. The minimum atomic E-state index is -0.921. The number of hydrogen-bond donors (Lipinski definition) is 1. The van der Waals surface area contributed by atoms with Gasteiger partial charge in [0.25, 0.3) is 0 Å². The Kier molecular flexibility index (Phi) is 4.07. The zero-order valence-corrected chi connectivity index (χ0v) is 11.1. The maximum Gasteiger partial charge on any atom is 0.329 e. The van der Waals surface area contributed by atoms with Gasteiger partial charge >= 0.3 is 5.97 Å². The highest BCUT2D eigenvalue weighted by molar-refractivity contribution is 5.67. The Morgan fingerprint density at radius 3 is 2.94 bits per heavy atom. The average molecular weight is 254 g/mol. The molecule has 4 nitrogen and oxygen atoms in total. The van der Waals surface area contributed by atoms with Crippen LogP contribution in [-0.4, -0.2) is 37.0 Å². The van der Waals surface area contributed by atoms with Crippen LogP contribution in [0.25, 0.3) is 0 Å². The first kappa shape index (κ1) is 13.6. The first-order valence-corrected chi connectivity index (χ1v) is 6.59. The second-order valence-corrected chi connectivity index (χ2v) is 5.79. The van der Waals surface area contributed by atoms with Crippen molar-refractivity contribution in [2.75, 3.05) is 19.8 Å². The Morgan fingerprint density at radius 1 is 1.56 bits per heavy atom. The molecule has 1 aliphatic heterocycles. The number of hydrogen-bond acceptors (Lipinski definition) is 3. The van der Waals surface area contributed by atoms with Gasteiger partial charge in [-0.1, -0.05) is 26.0 Å². The van der Waals surface area contributed by atoms with Gasteiger partial charge in [0.15, 0.2) is 0 Å². The van der Waals surface area contributed by atoms with Crippen molar-refractivity contribution in [2.24, 2.45) is 17.3 Å². The second-order valence-electron chi connectivity index (χ2n) is 5.79. The second kappa shape index (κ2) is 5.41. The molecular formula is C14H22O4. The molecule has 2 rings (SSSR count). The molecule has 18 heavy (non-hydrogen) atoms. The van der Waals surface area contributed by atoms with Crippen molar-refractivity contribution in [2.45, 2.75) is 32.8 Å². The third-order valence-electron chi connectivity index (χ3n) is 4.41. The molecule has 0 aromatic rings. The van der Waals surface area contributed by atoms with Crippen molar-refractivity contribution in [3.05, 3.63) is 12.2 Å². The van der Waals surface area contributed by atoms with Gasteiger partial charge < -0.3 is 14.6 Å². The summed E-state index contributed by atoms with van der Waals surface area (Å²) in [6.07, 6.45) is 6.70. The summed E-state index contributed by atoms with van der Waals surface area (Å²) in [6.45, 7) is 5.63. The Balaban J connectivity index is 1.73. The quantitative estimate of drug-likeness (QED) is 0.582. The van der Waals surface area contributed by atoms with E-state index in [-0.39, 0.29) is 6.61 Å². The van der Waals surface area contributed by atoms with Crippen molar-refractivity contribution in [1.82, 2.24) is 0 Å². The first-order valence-electron chi connectivity index (χ1n) is 6.59. The molecular weight excluding hydrogens is 232 g/mol. The molecule has 0 amide bonds. The van der Waals surface area contributed by atoms with Gasteiger partial charge in [0, 0.05) is 0 Å². The van der Waals surface area contributed by atoms with Gasteiger partial charge in [0.1, 0.15) is 6.61 Å². The van der Waals surface area contributed by atoms with Crippen LogP contribution in [0, 0.1) is 17.3 Å². The molecule has 0 spiro atoms. The summed E-state index contributed by atoms with van der Waals surface area (Å²) in [4.78, 5) is 10.2. The number of carboxylic acids is 1. The van der Waals surface area contributed by atoms with Gasteiger partial charge in [-0.2, -0.15) is 0 Å². The summed E-state index contributed by atoms with van der Waals surface area (Å²) < 4.78 is 10.7. The molecule has 102 valence electrons. The zero-order valence-electron chi connectivity index (χ0n) is 11.1. The van der Waals surface area contributed by atoms with Crippen LogP contribution in [0.5, 0.6) is 0 Å². The number of ether oxygens (including phenoxy) is 2. The maximum absolute atomic E-state index is 10.2. The van der Waals surface area contributed by atoms with Crippen LogP contribution in [0.2, 0.25) is 0 Å². The van der Waals surface area contributed by atoms with E-state index in [1.54, 1.807) is 0 Å². The van der Waals surface area contributed by atoms with Crippen molar-refractivity contribution in [3.63, 3.8) is 0 Å². The summed E-state index contributed by atoms with van der Waals surface area (Å²) in [6, 6.07) is 0. The summed E-state index contributed by atoms with van der Waals surface area (Å²) in [5.74, 6) is 0.370. The molecule has 1 N–H and O–H groups in total. The molecule has 4 heteroatoms. The van der Waals surface area contributed by atoms with E-state index in [1.165, 1.54) is 6.42 Å². The van der Waals surface area contributed by atoms with Gasteiger partial charge in [-0.15, -0.1) is 0 Å². The van der Waals surface area contributed by atoms with Crippen LogP contribution in [-0.2, 0) is 14.3 Å². The molecule has 2 bridgehead atoms. The van der Waals surface area contributed by atoms with Gasteiger partial charge in [-0.3, -0.25) is 0 Å². The van der Waals surface area contributed by atoms with E-state index in [0.717, 1.165) is 13.0 Å². The monoisotopic (exact) mass is 254 g/mol. The van der Waals surface area contributed by atoms with Crippen LogP contribution in [0.4, 0.5) is 0 Å². The Labute approximate surface area is 108 Å². The van der Waals surface area contributed by atoms with E-state index >= 15 is 0 Å². The molecule has 4 atom stereocenters. The molecule has 2 fully saturated rings. The predicted molar refractivity (Wildman–Crippen MR) is 67.3 cm³/mol. The van der Waals surface area contributed by atoms with E-state index in [0.29, 0.717) is 30.0 Å². The molecule has 1 saturated heterocycles. The Hall–Kier alpha value is -0.870. The molecule has 0 aromatic heterocycles. The minimum absolute atomic E-state index is 0.224. The SMILES string of the molecule is C[C@@H]1C2CC(C)(CO2)[C@H]1C/C=C\COCC(=O)O. The third-order valence-corrected chi connectivity index (χ3v) is 4.41. The van der Waals surface area contributed by atoms with Crippen LogP contribution in [0.1, 0.15) is 26.7 Å². The highest BCUT2D eigenvalue weighted by atomic mass is 16.5. The van der Waals surface area contributed by atoms with Crippen LogP contribution in [0.15, 0.2) is 12.2 Å². The number of carbonyl (C=O) groups is 1. The van der Waals surface area contributed by atoms with Gasteiger partial charge in [0.05, 0.1) is 19.3 Å². The highest BCUT2D eigenvalue weighted by Crippen LogP contribution is 2.54. The van der Waals surface area contributed by atoms with E-state index < -0.39 is 5.97 Å². The predicted octanol–water partition coefficient (Wildman–Crippen LogP) is 2.09. The van der Waals surface area contributed by atoms with Gasteiger partial charge in [-0.25, -0.2) is 4.79 Å². The summed E-state index contributed by atoms with van der Waals surface area (Å²) in [7, 11) is 0. The van der Waals surface area contributed by atoms with E-state index in [1.807, 2.05) is 6.08 Å². The number of allylic oxidation sites excluding steroid dienone is 1. The normalized spacial score (nSPS) is 38.7. The number of aliphatic carboxylic acids is 1. The maximum atomic E-state index is 10.2. The molecule has 0 radical (unpaired) electrons. The average Bonchev–Trinajstić information content (AvgIpc) is 2.79. The van der Waals surface area contributed by atoms with Crippen molar-refractivity contribution >= 4 is 5.97 Å². The standard InChI is InChI=1S/C14H22O4/c1-10-11(14(2)7-12(10)18-9-14)5-3-4-6-17-8-13(15)16/h3-4,10-12H,5-9H2,1-2H3,(H,15,16)/b4-3-/t10-,11-,12?,14?/m0/s1. The van der Waals surface area contributed by atoms with E-state index in [4.69, 9.17) is 14.6 Å². The fourth-order valence-electron chi connectivity index (χ4n) is 3.39. The smallest absolute Gasteiger partial charge is 0.329 e. The number of rotatable bonds is 6. The molecule has 1 aliphatic carbocycles. The van der Waals surface area contributed by atoms with Crippen LogP contribution in [0.3, 0.4) is 0 Å². The molecule has 2 unspecified atom stereocenters. The lowest BCUT2D eigenvalue weighted by molar-refractivity contribution is -0.141. The highest BCUT2D eigenvalue weighted by Gasteiger charge is 2.53. The Morgan fingerprint density at radius 2 is 2.33 bits per heavy atom. The zero-order chi connectivity index (χ0) is 13.2. The number of fused-ring (bicyclic) bond motifs is 2. The third kappa shape index (κ3) is 2.75.